The summed E-state index contributed by atoms with van der Waals surface area (Å²) in [5.41, 5.74) is 2.52. The van der Waals surface area contributed by atoms with Crippen molar-refractivity contribution in [2.45, 2.75) is 37.9 Å². The van der Waals surface area contributed by atoms with Crippen LogP contribution in [0, 0.1) is 0 Å². The maximum atomic E-state index is 12.1. The Labute approximate surface area is 122 Å². The van der Waals surface area contributed by atoms with E-state index in [2.05, 4.69) is 20.0 Å². The van der Waals surface area contributed by atoms with E-state index in [-0.39, 0.29) is 11.4 Å². The van der Waals surface area contributed by atoms with Gasteiger partial charge in [0.2, 0.25) is 10.0 Å². The highest BCUT2D eigenvalue weighted by Gasteiger charge is 2.16. The minimum atomic E-state index is -3.48. The Hall–Kier alpha value is -1.22. The molecule has 8 heteroatoms. The number of thiazole rings is 1. The Balaban J connectivity index is 1.98. The molecule has 0 aliphatic heterocycles. The minimum absolute atomic E-state index is 0.252. The molecular weight excluding hydrogens is 296 g/mol. The van der Waals surface area contributed by atoms with Gasteiger partial charge in [-0.2, -0.15) is 0 Å². The van der Waals surface area contributed by atoms with Crippen molar-refractivity contribution in [1.29, 1.82) is 0 Å². The summed E-state index contributed by atoms with van der Waals surface area (Å²) in [7, 11) is -3.48. The van der Waals surface area contributed by atoms with Gasteiger partial charge in [0.25, 0.3) is 0 Å². The van der Waals surface area contributed by atoms with E-state index in [1.807, 2.05) is 13.8 Å². The third-order valence-corrected chi connectivity index (χ3v) is 4.81. The number of aromatic amines is 1. The van der Waals surface area contributed by atoms with Crippen LogP contribution in [0.15, 0.2) is 28.9 Å². The van der Waals surface area contributed by atoms with Gasteiger partial charge in [-0.05, 0) is 6.07 Å². The fraction of sp³-hybridized carbons (Fsp3) is 0.417. The second-order valence-electron chi connectivity index (χ2n) is 4.69. The van der Waals surface area contributed by atoms with Crippen LogP contribution in [0.3, 0.4) is 0 Å². The second-order valence-corrected chi connectivity index (χ2v) is 7.43. The standard InChI is InChI=1S/C12H18N4O2S2/c1-9(2)14-4-10-3-12(7-15-10)20(17,18)16-6-11-5-13-8-19-11/h3,5,7-9,14-16H,4,6H2,1-2H3. The highest BCUT2D eigenvalue weighted by molar-refractivity contribution is 7.89. The second kappa shape index (κ2) is 6.49. The lowest BCUT2D eigenvalue weighted by molar-refractivity contribution is 0.580. The first kappa shape index (κ1) is 15.2. The smallest absolute Gasteiger partial charge is 0.242 e. The molecule has 0 aromatic carbocycles. The van der Waals surface area contributed by atoms with Gasteiger partial charge in [-0.15, -0.1) is 11.3 Å². The predicted molar refractivity (Wildman–Crippen MR) is 78.9 cm³/mol. The van der Waals surface area contributed by atoms with E-state index in [0.717, 1.165) is 10.6 Å². The van der Waals surface area contributed by atoms with E-state index in [1.54, 1.807) is 17.8 Å². The number of aromatic nitrogens is 2. The molecule has 3 N–H and O–H groups in total. The van der Waals surface area contributed by atoms with Crippen molar-refractivity contribution < 1.29 is 8.42 Å². The number of H-pyrrole nitrogens is 1. The monoisotopic (exact) mass is 314 g/mol. The van der Waals surface area contributed by atoms with Gasteiger partial charge < -0.3 is 10.3 Å². The summed E-state index contributed by atoms with van der Waals surface area (Å²) in [6.45, 7) is 4.95. The van der Waals surface area contributed by atoms with Gasteiger partial charge >= 0.3 is 0 Å². The van der Waals surface area contributed by atoms with Crippen molar-refractivity contribution in [2.24, 2.45) is 0 Å². The molecule has 20 heavy (non-hydrogen) atoms. The summed E-state index contributed by atoms with van der Waals surface area (Å²) in [5, 5.41) is 3.23. The Morgan fingerprint density at radius 2 is 2.20 bits per heavy atom. The lowest BCUT2D eigenvalue weighted by Crippen LogP contribution is -2.23. The van der Waals surface area contributed by atoms with Crippen molar-refractivity contribution in [3.63, 3.8) is 0 Å². The van der Waals surface area contributed by atoms with Crippen LogP contribution >= 0.6 is 11.3 Å². The first-order valence-corrected chi connectivity index (χ1v) is 8.61. The number of rotatable bonds is 7. The molecule has 2 heterocycles. The third-order valence-electron chi connectivity index (χ3n) is 2.65. The zero-order valence-electron chi connectivity index (χ0n) is 11.4. The number of hydrogen-bond donors (Lipinski definition) is 3. The number of sulfonamides is 1. The molecule has 0 spiro atoms. The van der Waals surface area contributed by atoms with Crippen molar-refractivity contribution in [3.05, 3.63) is 34.5 Å². The molecule has 2 aromatic heterocycles. The highest BCUT2D eigenvalue weighted by Crippen LogP contribution is 2.12. The van der Waals surface area contributed by atoms with Gasteiger partial charge in [-0.1, -0.05) is 13.8 Å². The lowest BCUT2D eigenvalue weighted by Gasteiger charge is -2.05. The molecule has 0 saturated heterocycles. The Kier molecular flexibility index (Phi) is 4.92. The van der Waals surface area contributed by atoms with E-state index in [9.17, 15) is 8.42 Å². The van der Waals surface area contributed by atoms with Gasteiger partial charge in [0.1, 0.15) is 0 Å². The van der Waals surface area contributed by atoms with Gasteiger partial charge in [-0.25, -0.2) is 13.1 Å². The molecule has 2 rings (SSSR count). The molecule has 0 aliphatic rings. The fourth-order valence-corrected chi connectivity index (χ4v) is 3.22. The highest BCUT2D eigenvalue weighted by atomic mass is 32.2. The quantitative estimate of drug-likeness (QED) is 0.722. The molecular formula is C12H18N4O2S2. The molecule has 0 atom stereocenters. The summed E-state index contributed by atoms with van der Waals surface area (Å²) in [5.74, 6) is 0. The minimum Gasteiger partial charge on any atom is -0.363 e. The summed E-state index contributed by atoms with van der Waals surface area (Å²) in [6, 6.07) is 1.99. The van der Waals surface area contributed by atoms with E-state index in [1.165, 1.54) is 17.5 Å². The molecule has 6 nitrogen and oxygen atoms in total. The number of nitrogens with one attached hydrogen (secondary N) is 3. The van der Waals surface area contributed by atoms with Crippen LogP contribution in [0.2, 0.25) is 0 Å². The maximum absolute atomic E-state index is 12.1. The first-order chi connectivity index (χ1) is 9.47. The largest absolute Gasteiger partial charge is 0.363 e. The maximum Gasteiger partial charge on any atom is 0.242 e. The van der Waals surface area contributed by atoms with Crippen LogP contribution < -0.4 is 10.0 Å². The van der Waals surface area contributed by atoms with E-state index >= 15 is 0 Å². The van der Waals surface area contributed by atoms with Gasteiger partial charge in [0.15, 0.2) is 0 Å². The molecule has 0 unspecified atom stereocenters. The SMILES string of the molecule is CC(C)NCc1cc(S(=O)(=O)NCc2cncs2)c[nH]1. The lowest BCUT2D eigenvalue weighted by atomic mass is 10.3. The Bertz CT molecular complexity index is 632. The summed E-state index contributed by atoms with van der Waals surface area (Å²) < 4.78 is 26.8. The normalized spacial score (nSPS) is 12.2. The van der Waals surface area contributed by atoms with Crippen LogP contribution in [0.1, 0.15) is 24.4 Å². The van der Waals surface area contributed by atoms with Gasteiger partial charge in [0, 0.05) is 42.1 Å². The third kappa shape index (κ3) is 4.14. The summed E-state index contributed by atoms with van der Waals surface area (Å²) >= 11 is 1.42. The van der Waals surface area contributed by atoms with E-state index in [4.69, 9.17) is 0 Å². The Morgan fingerprint density at radius 3 is 2.85 bits per heavy atom. The fourth-order valence-electron chi connectivity index (χ4n) is 1.57. The molecule has 2 aromatic rings. The first-order valence-electron chi connectivity index (χ1n) is 6.25. The Morgan fingerprint density at radius 1 is 1.40 bits per heavy atom. The molecule has 0 saturated carbocycles. The van der Waals surface area contributed by atoms with Crippen molar-refractivity contribution >= 4 is 21.4 Å². The van der Waals surface area contributed by atoms with E-state index in [0.29, 0.717) is 12.6 Å². The molecule has 0 fully saturated rings. The molecule has 0 aliphatic carbocycles. The number of nitrogens with zero attached hydrogens (tertiary/aromatic N) is 1. The van der Waals surface area contributed by atoms with Crippen LogP contribution in [0.5, 0.6) is 0 Å². The molecule has 0 amide bonds. The summed E-state index contributed by atoms with van der Waals surface area (Å²) in [6.07, 6.45) is 3.16. The van der Waals surface area contributed by atoms with Crippen LogP contribution in [0.25, 0.3) is 0 Å². The number of hydrogen-bond acceptors (Lipinski definition) is 5. The molecule has 0 bridgehead atoms. The predicted octanol–water partition coefficient (Wildman–Crippen LogP) is 1.45. The van der Waals surface area contributed by atoms with Crippen LogP contribution in [0.4, 0.5) is 0 Å². The molecule has 0 radical (unpaired) electrons. The zero-order valence-corrected chi connectivity index (χ0v) is 13.0. The topological polar surface area (TPSA) is 86.9 Å². The van der Waals surface area contributed by atoms with Crippen molar-refractivity contribution in [3.8, 4) is 0 Å². The molecule has 110 valence electrons. The average Bonchev–Trinajstić information content (AvgIpc) is 3.05. The van der Waals surface area contributed by atoms with Gasteiger partial charge in [-0.3, -0.25) is 4.98 Å². The van der Waals surface area contributed by atoms with Crippen molar-refractivity contribution in [1.82, 2.24) is 20.0 Å². The zero-order chi connectivity index (χ0) is 14.6. The van der Waals surface area contributed by atoms with E-state index < -0.39 is 10.0 Å². The average molecular weight is 314 g/mol. The summed E-state index contributed by atoms with van der Waals surface area (Å²) in [4.78, 5) is 8.01. The van der Waals surface area contributed by atoms with Crippen LogP contribution in [-0.4, -0.2) is 24.4 Å². The van der Waals surface area contributed by atoms with Crippen LogP contribution in [-0.2, 0) is 23.1 Å². The van der Waals surface area contributed by atoms with Gasteiger partial charge in [0.05, 0.1) is 10.4 Å². The van der Waals surface area contributed by atoms with Crippen molar-refractivity contribution in [2.75, 3.05) is 0 Å².